The van der Waals surface area contributed by atoms with E-state index in [1.807, 2.05) is 23.4 Å². The highest BCUT2D eigenvalue weighted by molar-refractivity contribution is 9.10. The van der Waals surface area contributed by atoms with Gasteiger partial charge in [0.25, 0.3) is 0 Å². The molecule has 2 heterocycles. The molecule has 0 aliphatic rings. The Bertz CT molecular complexity index is 616. The quantitative estimate of drug-likeness (QED) is 0.681. The van der Waals surface area contributed by atoms with Gasteiger partial charge in [-0.3, -0.25) is 10.1 Å². The number of aromatic nitrogens is 1. The Morgan fingerprint density at radius 2 is 2.32 bits per heavy atom. The predicted octanol–water partition coefficient (Wildman–Crippen LogP) is 3.03. The van der Waals surface area contributed by atoms with Gasteiger partial charge in [0.2, 0.25) is 5.82 Å². The molecule has 0 amide bonds. The third-order valence-corrected chi connectivity index (χ3v) is 4.17. The number of hydrogen-bond donors (Lipinski definition) is 1. The van der Waals surface area contributed by atoms with Gasteiger partial charge in [-0.2, -0.15) is 0 Å². The van der Waals surface area contributed by atoms with Gasteiger partial charge in [-0.15, -0.1) is 11.3 Å². The van der Waals surface area contributed by atoms with E-state index < -0.39 is 4.92 Å². The molecular formula is C11H11BrN4O2S. The number of nitro groups is 1. The van der Waals surface area contributed by atoms with E-state index >= 15 is 0 Å². The molecule has 2 rings (SSSR count). The summed E-state index contributed by atoms with van der Waals surface area (Å²) in [6.07, 6.45) is 0. The molecule has 100 valence electrons. The van der Waals surface area contributed by atoms with Gasteiger partial charge in [-0.25, -0.2) is 4.98 Å². The molecule has 6 nitrogen and oxygen atoms in total. The van der Waals surface area contributed by atoms with Gasteiger partial charge < -0.3 is 10.6 Å². The van der Waals surface area contributed by atoms with Crippen molar-refractivity contribution in [1.29, 1.82) is 0 Å². The van der Waals surface area contributed by atoms with E-state index in [9.17, 15) is 10.1 Å². The lowest BCUT2D eigenvalue weighted by Crippen LogP contribution is -2.17. The van der Waals surface area contributed by atoms with Crippen LogP contribution in [0.3, 0.4) is 0 Å². The molecule has 2 aromatic heterocycles. The van der Waals surface area contributed by atoms with Gasteiger partial charge in [0.05, 0.1) is 11.5 Å². The van der Waals surface area contributed by atoms with Crippen LogP contribution < -0.4 is 10.6 Å². The zero-order valence-electron chi connectivity index (χ0n) is 10.0. The molecule has 0 radical (unpaired) electrons. The largest absolute Gasteiger partial charge is 0.378 e. The second kappa shape index (κ2) is 5.54. The zero-order chi connectivity index (χ0) is 14.0. The lowest BCUT2D eigenvalue weighted by molar-refractivity contribution is -0.384. The highest BCUT2D eigenvalue weighted by Gasteiger charge is 2.14. The number of thiophene rings is 1. The van der Waals surface area contributed by atoms with Crippen LogP contribution in [-0.4, -0.2) is 17.0 Å². The molecule has 0 aromatic carbocycles. The predicted molar refractivity (Wildman–Crippen MR) is 79.4 cm³/mol. The molecule has 2 N–H and O–H groups in total. The Kier molecular flexibility index (Phi) is 4.01. The molecule has 0 fully saturated rings. The summed E-state index contributed by atoms with van der Waals surface area (Å²) in [5.41, 5.74) is 5.40. The van der Waals surface area contributed by atoms with E-state index in [1.165, 1.54) is 6.07 Å². The monoisotopic (exact) mass is 342 g/mol. The second-order valence-corrected chi connectivity index (χ2v) is 5.83. The number of rotatable bonds is 4. The summed E-state index contributed by atoms with van der Waals surface area (Å²) in [5, 5.41) is 12.7. The van der Waals surface area contributed by atoms with Crippen molar-refractivity contribution in [3.8, 4) is 0 Å². The minimum atomic E-state index is -0.539. The summed E-state index contributed by atoms with van der Waals surface area (Å²) in [6.45, 7) is 0.667. The van der Waals surface area contributed by atoms with Crippen molar-refractivity contribution in [3.05, 3.63) is 43.0 Å². The first kappa shape index (κ1) is 13.8. The first-order chi connectivity index (χ1) is 8.97. The SMILES string of the molecule is CN(Cc1cc(Br)cs1)c1ccc([N+](=O)[O-])c(N)n1. The number of nitrogens with zero attached hydrogens (tertiary/aromatic N) is 3. The summed E-state index contributed by atoms with van der Waals surface area (Å²) in [6, 6.07) is 4.99. The first-order valence-electron chi connectivity index (χ1n) is 5.32. The molecular weight excluding hydrogens is 332 g/mol. The minimum absolute atomic E-state index is 0.0679. The molecule has 0 bridgehead atoms. The maximum Gasteiger partial charge on any atom is 0.311 e. The smallest absolute Gasteiger partial charge is 0.311 e. The summed E-state index contributed by atoms with van der Waals surface area (Å²) >= 11 is 5.03. The number of nitrogens with two attached hydrogens (primary N) is 1. The molecule has 8 heteroatoms. The average Bonchev–Trinajstić information content (AvgIpc) is 2.74. The van der Waals surface area contributed by atoms with Crippen molar-refractivity contribution in [1.82, 2.24) is 4.98 Å². The third kappa shape index (κ3) is 3.21. The Morgan fingerprint density at radius 1 is 1.58 bits per heavy atom. The minimum Gasteiger partial charge on any atom is -0.378 e. The Hall–Kier alpha value is -1.67. The molecule has 0 saturated carbocycles. The van der Waals surface area contributed by atoms with Crippen LogP contribution in [0.5, 0.6) is 0 Å². The molecule has 0 aliphatic carbocycles. The van der Waals surface area contributed by atoms with E-state index in [-0.39, 0.29) is 11.5 Å². The fraction of sp³-hybridized carbons (Fsp3) is 0.182. The van der Waals surface area contributed by atoms with E-state index in [1.54, 1.807) is 17.4 Å². The van der Waals surface area contributed by atoms with Crippen LogP contribution in [0, 0.1) is 10.1 Å². The van der Waals surface area contributed by atoms with E-state index in [2.05, 4.69) is 20.9 Å². The van der Waals surface area contributed by atoms with Crippen LogP contribution in [0.25, 0.3) is 0 Å². The second-order valence-electron chi connectivity index (χ2n) is 3.92. The van der Waals surface area contributed by atoms with Crippen molar-refractivity contribution in [2.75, 3.05) is 17.7 Å². The van der Waals surface area contributed by atoms with Crippen molar-refractivity contribution >= 4 is 44.6 Å². The van der Waals surface area contributed by atoms with Gasteiger partial charge in [-0.05, 0) is 28.1 Å². The normalized spacial score (nSPS) is 10.4. The third-order valence-electron chi connectivity index (χ3n) is 2.49. The summed E-state index contributed by atoms with van der Waals surface area (Å²) in [5.74, 6) is 0.536. The van der Waals surface area contributed by atoms with E-state index in [0.29, 0.717) is 12.4 Å². The number of pyridine rings is 1. The lowest BCUT2D eigenvalue weighted by atomic mass is 10.3. The Balaban J connectivity index is 2.17. The van der Waals surface area contributed by atoms with Gasteiger partial charge in [0.15, 0.2) is 0 Å². The van der Waals surface area contributed by atoms with Crippen molar-refractivity contribution in [2.45, 2.75) is 6.54 Å². The van der Waals surface area contributed by atoms with Gasteiger partial charge >= 0.3 is 5.69 Å². The highest BCUT2D eigenvalue weighted by Crippen LogP contribution is 2.25. The molecule has 2 aromatic rings. The fourth-order valence-electron chi connectivity index (χ4n) is 1.58. The topological polar surface area (TPSA) is 85.3 Å². The summed E-state index contributed by atoms with van der Waals surface area (Å²) in [4.78, 5) is 17.2. The van der Waals surface area contributed by atoms with Gasteiger partial charge in [-0.1, -0.05) is 0 Å². The van der Waals surface area contributed by atoms with Crippen molar-refractivity contribution in [3.63, 3.8) is 0 Å². The molecule has 0 atom stereocenters. The number of nitrogen functional groups attached to an aromatic ring is 1. The standard InChI is InChI=1S/C11H11BrN4O2S/c1-15(5-8-4-7(12)6-19-8)10-3-2-9(16(17)18)11(13)14-10/h2-4,6H,5H2,1H3,(H2,13,14). The zero-order valence-corrected chi connectivity index (χ0v) is 12.4. The molecule has 0 saturated heterocycles. The lowest BCUT2D eigenvalue weighted by Gasteiger charge is -2.17. The molecule has 19 heavy (non-hydrogen) atoms. The fourth-order valence-corrected chi connectivity index (χ4v) is 3.08. The van der Waals surface area contributed by atoms with Crippen LogP contribution >= 0.6 is 27.3 Å². The first-order valence-corrected chi connectivity index (χ1v) is 6.99. The van der Waals surface area contributed by atoms with Crippen LogP contribution in [-0.2, 0) is 6.54 Å². The van der Waals surface area contributed by atoms with E-state index in [4.69, 9.17) is 5.73 Å². The maximum atomic E-state index is 10.7. The van der Waals surface area contributed by atoms with Gasteiger partial charge in [0, 0.05) is 27.8 Å². The van der Waals surface area contributed by atoms with Crippen LogP contribution in [0.4, 0.5) is 17.3 Å². The van der Waals surface area contributed by atoms with Crippen LogP contribution in [0.2, 0.25) is 0 Å². The summed E-state index contributed by atoms with van der Waals surface area (Å²) in [7, 11) is 1.86. The van der Waals surface area contributed by atoms with Crippen LogP contribution in [0.15, 0.2) is 28.1 Å². The number of anilines is 2. The van der Waals surface area contributed by atoms with Crippen molar-refractivity contribution in [2.24, 2.45) is 0 Å². The molecule has 0 spiro atoms. The number of hydrogen-bond acceptors (Lipinski definition) is 6. The van der Waals surface area contributed by atoms with Crippen molar-refractivity contribution < 1.29 is 4.92 Å². The van der Waals surface area contributed by atoms with E-state index in [0.717, 1.165) is 9.35 Å². The Morgan fingerprint density at radius 3 is 2.84 bits per heavy atom. The average molecular weight is 343 g/mol. The number of halogens is 1. The van der Waals surface area contributed by atoms with Gasteiger partial charge in [0.1, 0.15) is 5.82 Å². The highest BCUT2D eigenvalue weighted by atomic mass is 79.9. The maximum absolute atomic E-state index is 10.7. The molecule has 0 aliphatic heterocycles. The molecule has 0 unspecified atom stereocenters. The summed E-state index contributed by atoms with van der Waals surface area (Å²) < 4.78 is 1.04. The Labute approximate surface area is 122 Å². The van der Waals surface area contributed by atoms with Crippen LogP contribution in [0.1, 0.15) is 4.88 Å².